The minimum atomic E-state index is -0.217. The molecule has 0 aliphatic heterocycles. The maximum atomic E-state index is 12.3. The smallest absolute Gasteiger partial charge is 0.258 e. The summed E-state index contributed by atoms with van der Waals surface area (Å²) in [6.07, 6.45) is 2.92. The van der Waals surface area contributed by atoms with Gasteiger partial charge in [-0.05, 0) is 43.4 Å². The maximum Gasteiger partial charge on any atom is 0.258 e. The predicted octanol–water partition coefficient (Wildman–Crippen LogP) is 3.06. The summed E-state index contributed by atoms with van der Waals surface area (Å²) < 4.78 is 10.4. The molecular formula is C16H18N2O3. The van der Waals surface area contributed by atoms with Crippen LogP contribution in [-0.2, 0) is 12.8 Å². The van der Waals surface area contributed by atoms with Crippen molar-refractivity contribution in [1.29, 1.82) is 0 Å². The Labute approximate surface area is 123 Å². The molecule has 1 heterocycles. The van der Waals surface area contributed by atoms with Crippen LogP contribution in [0.2, 0.25) is 0 Å². The lowest BCUT2D eigenvalue weighted by molar-refractivity contribution is 0.102. The fourth-order valence-corrected chi connectivity index (χ4v) is 2.62. The van der Waals surface area contributed by atoms with E-state index >= 15 is 0 Å². The molecule has 0 saturated carbocycles. The summed E-state index contributed by atoms with van der Waals surface area (Å²) in [4.78, 5) is 12.3. The van der Waals surface area contributed by atoms with E-state index in [9.17, 15) is 4.79 Å². The van der Waals surface area contributed by atoms with E-state index in [1.165, 1.54) is 0 Å². The Balaban J connectivity index is 1.80. The summed E-state index contributed by atoms with van der Waals surface area (Å²) in [5.74, 6) is 1.50. The van der Waals surface area contributed by atoms with Crippen LogP contribution >= 0.6 is 0 Å². The summed E-state index contributed by atoms with van der Waals surface area (Å²) >= 11 is 0. The summed E-state index contributed by atoms with van der Waals surface area (Å²) in [7, 11) is 1.57. The highest BCUT2D eigenvalue weighted by atomic mass is 16.5. The molecule has 0 spiro atoms. The molecule has 0 fully saturated rings. The van der Waals surface area contributed by atoms with Crippen molar-refractivity contribution in [3.05, 3.63) is 41.1 Å². The van der Waals surface area contributed by atoms with Gasteiger partial charge >= 0.3 is 0 Å². The van der Waals surface area contributed by atoms with Crippen molar-refractivity contribution in [3.8, 4) is 5.75 Å². The molecule has 2 aromatic rings. The molecule has 5 heteroatoms. The number of hydrogen-bond donors (Lipinski definition) is 1. The monoisotopic (exact) mass is 286 g/mol. The third-order valence-electron chi connectivity index (χ3n) is 3.86. The van der Waals surface area contributed by atoms with Crippen LogP contribution in [0.5, 0.6) is 5.75 Å². The molecule has 0 saturated heterocycles. The van der Waals surface area contributed by atoms with Crippen molar-refractivity contribution in [2.24, 2.45) is 5.92 Å². The van der Waals surface area contributed by atoms with Crippen molar-refractivity contribution in [2.75, 3.05) is 12.4 Å². The molecule has 110 valence electrons. The number of carbonyl (C=O) groups is 1. The molecule has 1 atom stereocenters. The van der Waals surface area contributed by atoms with Gasteiger partial charge in [0.05, 0.1) is 12.8 Å². The molecular weight excluding hydrogens is 268 g/mol. The number of methoxy groups -OCH3 is 1. The first kappa shape index (κ1) is 13.7. The molecule has 21 heavy (non-hydrogen) atoms. The molecule has 0 radical (unpaired) electrons. The van der Waals surface area contributed by atoms with Gasteiger partial charge in [-0.1, -0.05) is 18.1 Å². The number of aromatic nitrogens is 1. The Kier molecular flexibility index (Phi) is 3.64. The molecule has 1 amide bonds. The number of nitrogens with zero attached hydrogens (tertiary/aromatic N) is 1. The van der Waals surface area contributed by atoms with Crippen LogP contribution in [0.4, 0.5) is 5.88 Å². The molecule has 0 bridgehead atoms. The second kappa shape index (κ2) is 5.60. The van der Waals surface area contributed by atoms with Crippen LogP contribution in [0.1, 0.15) is 35.0 Å². The van der Waals surface area contributed by atoms with E-state index in [0.717, 1.165) is 30.5 Å². The molecule has 1 aliphatic rings. The standard InChI is InChI=1S/C16H18N2O3/c1-10-6-7-14-13(8-10)16(21-18-14)17-15(19)11-4-3-5-12(9-11)20-2/h3-5,9-10H,6-8H2,1-2H3,(H,17,19)/t10-/m1/s1. The van der Waals surface area contributed by atoms with Gasteiger partial charge in [0.1, 0.15) is 5.75 Å². The van der Waals surface area contributed by atoms with Crippen molar-refractivity contribution in [3.63, 3.8) is 0 Å². The van der Waals surface area contributed by atoms with Gasteiger partial charge in [0.15, 0.2) is 0 Å². The van der Waals surface area contributed by atoms with Crippen LogP contribution in [0, 0.1) is 5.92 Å². The minimum absolute atomic E-state index is 0.217. The van der Waals surface area contributed by atoms with E-state index in [4.69, 9.17) is 9.26 Å². The molecule has 1 aliphatic carbocycles. The first-order chi connectivity index (χ1) is 10.2. The average Bonchev–Trinajstić information content (AvgIpc) is 2.89. The Hall–Kier alpha value is -2.30. The summed E-state index contributed by atoms with van der Waals surface area (Å²) in [6.45, 7) is 2.20. The van der Waals surface area contributed by atoms with Gasteiger partial charge in [-0.2, -0.15) is 0 Å². The van der Waals surface area contributed by atoms with Crippen LogP contribution in [-0.4, -0.2) is 18.2 Å². The largest absolute Gasteiger partial charge is 0.497 e. The third-order valence-corrected chi connectivity index (χ3v) is 3.86. The highest BCUT2D eigenvalue weighted by Gasteiger charge is 2.24. The molecule has 1 aromatic heterocycles. The highest BCUT2D eigenvalue weighted by Crippen LogP contribution is 2.30. The van der Waals surface area contributed by atoms with Crippen molar-refractivity contribution >= 4 is 11.8 Å². The van der Waals surface area contributed by atoms with Gasteiger partial charge in [-0.25, -0.2) is 0 Å². The number of carbonyl (C=O) groups excluding carboxylic acids is 1. The maximum absolute atomic E-state index is 12.3. The normalized spacial score (nSPS) is 17.1. The first-order valence-corrected chi connectivity index (χ1v) is 7.10. The van der Waals surface area contributed by atoms with E-state index in [-0.39, 0.29) is 5.91 Å². The van der Waals surface area contributed by atoms with Gasteiger partial charge < -0.3 is 9.26 Å². The lowest BCUT2D eigenvalue weighted by Crippen LogP contribution is -2.15. The number of fused-ring (bicyclic) bond motifs is 1. The zero-order chi connectivity index (χ0) is 14.8. The lowest BCUT2D eigenvalue weighted by atomic mass is 9.89. The van der Waals surface area contributed by atoms with Gasteiger partial charge in [0, 0.05) is 11.1 Å². The highest BCUT2D eigenvalue weighted by molar-refractivity contribution is 6.04. The minimum Gasteiger partial charge on any atom is -0.497 e. The summed E-state index contributed by atoms with van der Waals surface area (Å²) in [6, 6.07) is 7.02. The molecule has 5 nitrogen and oxygen atoms in total. The van der Waals surface area contributed by atoms with Crippen LogP contribution in [0.25, 0.3) is 0 Å². The second-order valence-corrected chi connectivity index (χ2v) is 5.47. The number of hydrogen-bond acceptors (Lipinski definition) is 4. The zero-order valence-corrected chi connectivity index (χ0v) is 12.2. The SMILES string of the molecule is COc1cccc(C(=O)Nc2onc3c2C[C@H](C)CC3)c1. The third kappa shape index (κ3) is 2.77. The second-order valence-electron chi connectivity index (χ2n) is 5.47. The number of ether oxygens (including phenoxy) is 1. The summed E-state index contributed by atoms with van der Waals surface area (Å²) in [5.41, 5.74) is 2.53. The number of amides is 1. The quantitative estimate of drug-likeness (QED) is 0.941. The van der Waals surface area contributed by atoms with Crippen molar-refractivity contribution < 1.29 is 14.1 Å². The molecule has 0 unspecified atom stereocenters. The van der Waals surface area contributed by atoms with E-state index < -0.39 is 0 Å². The lowest BCUT2D eigenvalue weighted by Gasteiger charge is -2.16. The van der Waals surface area contributed by atoms with E-state index in [0.29, 0.717) is 23.1 Å². The first-order valence-electron chi connectivity index (χ1n) is 7.10. The van der Waals surface area contributed by atoms with Crippen molar-refractivity contribution in [2.45, 2.75) is 26.2 Å². The van der Waals surface area contributed by atoms with Crippen LogP contribution in [0.15, 0.2) is 28.8 Å². The van der Waals surface area contributed by atoms with Gasteiger partial charge in [-0.15, -0.1) is 0 Å². The van der Waals surface area contributed by atoms with E-state index in [2.05, 4.69) is 17.4 Å². The average molecular weight is 286 g/mol. The fraction of sp³-hybridized carbons (Fsp3) is 0.375. The summed E-state index contributed by atoms with van der Waals surface area (Å²) in [5, 5.41) is 6.87. The predicted molar refractivity (Wildman–Crippen MR) is 78.6 cm³/mol. The zero-order valence-electron chi connectivity index (χ0n) is 12.2. The van der Waals surface area contributed by atoms with Gasteiger partial charge in [0.2, 0.25) is 5.88 Å². The Bertz CT molecular complexity index is 663. The number of aryl methyl sites for hydroxylation is 1. The Morgan fingerprint density at radius 3 is 3.14 bits per heavy atom. The molecule has 3 rings (SSSR count). The number of anilines is 1. The Morgan fingerprint density at radius 1 is 1.48 bits per heavy atom. The number of nitrogens with one attached hydrogen (secondary N) is 1. The number of benzene rings is 1. The molecule has 1 aromatic carbocycles. The topological polar surface area (TPSA) is 64.4 Å². The molecule has 1 N–H and O–H groups in total. The van der Waals surface area contributed by atoms with Gasteiger partial charge in [0.25, 0.3) is 5.91 Å². The van der Waals surface area contributed by atoms with E-state index in [1.807, 2.05) is 0 Å². The van der Waals surface area contributed by atoms with Crippen molar-refractivity contribution in [1.82, 2.24) is 5.16 Å². The van der Waals surface area contributed by atoms with Gasteiger partial charge in [-0.3, -0.25) is 10.1 Å². The number of rotatable bonds is 3. The van der Waals surface area contributed by atoms with Crippen LogP contribution < -0.4 is 10.1 Å². The fourth-order valence-electron chi connectivity index (χ4n) is 2.62. The van der Waals surface area contributed by atoms with E-state index in [1.54, 1.807) is 31.4 Å². The Morgan fingerprint density at radius 2 is 2.33 bits per heavy atom. The van der Waals surface area contributed by atoms with Crippen LogP contribution in [0.3, 0.4) is 0 Å².